The van der Waals surface area contributed by atoms with Gasteiger partial charge in [-0.25, -0.2) is 9.78 Å². The second-order valence-electron chi connectivity index (χ2n) is 8.39. The molecular formula is C19H28N8O5. The van der Waals surface area contributed by atoms with Gasteiger partial charge in [0.25, 0.3) is 11.7 Å². The first-order valence-corrected chi connectivity index (χ1v) is 10.4. The zero-order valence-electron chi connectivity index (χ0n) is 18.2. The number of carbonyl (C=O) groups excluding carboxylic acids is 1. The second-order valence-corrected chi connectivity index (χ2v) is 8.39. The molecule has 1 aliphatic heterocycles. The molecule has 0 spiro atoms. The molecule has 1 aliphatic carbocycles. The maximum Gasteiger partial charge on any atom is 0.342 e. The summed E-state index contributed by atoms with van der Waals surface area (Å²) < 4.78 is 11.4. The van der Waals surface area contributed by atoms with Crippen molar-refractivity contribution in [2.24, 2.45) is 11.1 Å². The first-order valence-electron chi connectivity index (χ1n) is 10.4. The van der Waals surface area contributed by atoms with Crippen LogP contribution in [0.25, 0.3) is 0 Å². The molecule has 0 aromatic carbocycles. The van der Waals surface area contributed by atoms with Gasteiger partial charge >= 0.3 is 5.97 Å². The van der Waals surface area contributed by atoms with E-state index in [1.165, 1.54) is 12.6 Å². The van der Waals surface area contributed by atoms with Crippen molar-refractivity contribution in [2.45, 2.75) is 45.6 Å². The highest BCUT2D eigenvalue weighted by Gasteiger charge is 2.31. The van der Waals surface area contributed by atoms with Crippen LogP contribution < -0.4 is 15.4 Å². The third kappa shape index (κ3) is 6.33. The zero-order chi connectivity index (χ0) is 23.1. The van der Waals surface area contributed by atoms with Crippen LogP contribution in [0.4, 0.5) is 5.95 Å². The predicted molar refractivity (Wildman–Crippen MR) is 111 cm³/mol. The number of amides is 1. The quantitative estimate of drug-likeness (QED) is 0.584. The Kier molecular flexibility index (Phi) is 7.51. The van der Waals surface area contributed by atoms with E-state index in [2.05, 4.69) is 44.4 Å². The van der Waals surface area contributed by atoms with Crippen LogP contribution in [0.3, 0.4) is 0 Å². The van der Waals surface area contributed by atoms with Crippen molar-refractivity contribution in [2.75, 3.05) is 31.2 Å². The van der Waals surface area contributed by atoms with Gasteiger partial charge in [0, 0.05) is 13.1 Å². The largest absolute Gasteiger partial charge is 0.477 e. The Hall–Kier alpha value is -3.35. The number of hydrogen-bond donors (Lipinski definition) is 3. The fourth-order valence-electron chi connectivity index (χ4n) is 3.66. The molecule has 0 radical (unpaired) electrons. The predicted octanol–water partition coefficient (Wildman–Crippen LogP) is 0.658. The van der Waals surface area contributed by atoms with E-state index in [-0.39, 0.29) is 28.8 Å². The summed E-state index contributed by atoms with van der Waals surface area (Å²) in [6.07, 6.45) is 5.44. The molecule has 1 unspecified atom stereocenters. The van der Waals surface area contributed by atoms with Gasteiger partial charge in [0.2, 0.25) is 11.8 Å². The number of aromatic carboxylic acids is 1. The van der Waals surface area contributed by atoms with E-state index in [4.69, 9.17) is 15.2 Å². The number of primary amides is 1. The van der Waals surface area contributed by atoms with Crippen LogP contribution in [0.15, 0.2) is 6.20 Å². The summed E-state index contributed by atoms with van der Waals surface area (Å²) in [5, 5.41) is 21.2. The third-order valence-corrected chi connectivity index (χ3v) is 5.27. The third-order valence-electron chi connectivity index (χ3n) is 5.27. The van der Waals surface area contributed by atoms with Crippen LogP contribution in [0.2, 0.25) is 0 Å². The maximum absolute atomic E-state index is 11.5. The molecule has 0 bridgehead atoms. The molecule has 174 valence electrons. The van der Waals surface area contributed by atoms with E-state index in [1.54, 1.807) is 0 Å². The van der Waals surface area contributed by atoms with Gasteiger partial charge in [-0.1, -0.05) is 13.8 Å². The smallest absolute Gasteiger partial charge is 0.342 e. The number of H-pyrrole nitrogens is 1. The highest BCUT2D eigenvalue weighted by atomic mass is 16.5. The average molecular weight is 448 g/mol. The lowest BCUT2D eigenvalue weighted by molar-refractivity contribution is 0.0652. The summed E-state index contributed by atoms with van der Waals surface area (Å²) in [7, 11) is 0. The molecule has 32 heavy (non-hydrogen) atoms. The minimum absolute atomic E-state index is 0.000658. The van der Waals surface area contributed by atoms with Gasteiger partial charge in [0.05, 0.1) is 19.4 Å². The number of nitrogens with two attached hydrogens (primary N) is 1. The van der Waals surface area contributed by atoms with Crippen LogP contribution in [-0.4, -0.2) is 80.0 Å². The molecule has 1 amide bonds. The van der Waals surface area contributed by atoms with E-state index in [0.29, 0.717) is 32.3 Å². The van der Waals surface area contributed by atoms with Crippen LogP contribution in [0.5, 0.6) is 5.88 Å². The second kappa shape index (κ2) is 10.3. The Morgan fingerprint density at radius 1 is 1.34 bits per heavy atom. The van der Waals surface area contributed by atoms with Crippen LogP contribution in [0.1, 0.15) is 60.5 Å². The lowest BCUT2D eigenvalue weighted by Gasteiger charge is -2.35. The normalized spacial score (nSPS) is 20.1. The highest BCUT2D eigenvalue weighted by molar-refractivity contribution is 5.90. The summed E-state index contributed by atoms with van der Waals surface area (Å²) in [5.74, 6) is -1.15. The summed E-state index contributed by atoms with van der Waals surface area (Å²) in [4.78, 5) is 32.2. The number of nitrogens with zero attached hydrogens (tertiary/aromatic N) is 6. The van der Waals surface area contributed by atoms with Crippen molar-refractivity contribution in [1.82, 2.24) is 30.6 Å². The molecule has 1 saturated carbocycles. The molecular weight excluding hydrogens is 420 g/mol. The van der Waals surface area contributed by atoms with Gasteiger partial charge in [0.15, 0.2) is 0 Å². The topological polar surface area (TPSA) is 182 Å². The van der Waals surface area contributed by atoms with E-state index in [0.717, 1.165) is 19.3 Å². The van der Waals surface area contributed by atoms with Gasteiger partial charge in [-0.15, -0.1) is 10.2 Å². The Morgan fingerprint density at radius 2 is 2.09 bits per heavy atom. The molecule has 4 rings (SSSR count). The maximum atomic E-state index is 11.5. The molecule has 1 saturated heterocycles. The van der Waals surface area contributed by atoms with Gasteiger partial charge in [0.1, 0.15) is 11.7 Å². The summed E-state index contributed by atoms with van der Waals surface area (Å²) in [6, 6.07) is 0. The number of anilines is 1. The number of nitrogens with one attached hydrogen (secondary N) is 1. The zero-order valence-corrected chi connectivity index (χ0v) is 18.2. The molecule has 2 fully saturated rings. The standard InChI is InChI=1S/C17H25N3O4.C2H3N5O/c1-17(2)5-3-4-12(10-17)24-14-13(15(21)22)11-18-16(19-14)20-6-8-23-9-7-20;3-1(8)2-4-6-7-5-2/h11-12H,3-10H2,1-2H3,(H,21,22);(H2,3,8)(H,4,5,6,7). The van der Waals surface area contributed by atoms with Gasteiger partial charge < -0.3 is 25.2 Å². The van der Waals surface area contributed by atoms with Gasteiger partial charge in [-0.3, -0.25) is 4.79 Å². The first-order chi connectivity index (χ1) is 15.2. The summed E-state index contributed by atoms with van der Waals surface area (Å²) >= 11 is 0. The number of ether oxygens (including phenoxy) is 2. The van der Waals surface area contributed by atoms with Crippen molar-refractivity contribution in [3.63, 3.8) is 0 Å². The van der Waals surface area contributed by atoms with Gasteiger partial charge in [-0.05, 0) is 36.3 Å². The molecule has 2 aromatic heterocycles. The van der Waals surface area contributed by atoms with E-state index < -0.39 is 11.9 Å². The lowest BCUT2D eigenvalue weighted by atomic mass is 9.76. The van der Waals surface area contributed by atoms with Crippen LogP contribution >= 0.6 is 0 Å². The summed E-state index contributed by atoms with van der Waals surface area (Å²) in [6.45, 7) is 7.08. The molecule has 2 aliphatic rings. The van der Waals surface area contributed by atoms with Crippen LogP contribution in [-0.2, 0) is 4.74 Å². The number of carbonyl (C=O) groups is 2. The Morgan fingerprint density at radius 3 is 2.66 bits per heavy atom. The fourth-order valence-corrected chi connectivity index (χ4v) is 3.66. The first kappa shape index (κ1) is 23.3. The Labute approximate surface area is 184 Å². The Bertz CT molecular complexity index is 914. The van der Waals surface area contributed by atoms with E-state index in [9.17, 15) is 14.7 Å². The number of morpholine rings is 1. The summed E-state index contributed by atoms with van der Waals surface area (Å²) in [5.41, 5.74) is 4.97. The average Bonchev–Trinajstić information content (AvgIpc) is 3.29. The van der Waals surface area contributed by atoms with Crippen molar-refractivity contribution < 1.29 is 24.2 Å². The number of rotatable bonds is 5. The number of hydrogen-bond acceptors (Lipinski definition) is 10. The van der Waals surface area contributed by atoms with Gasteiger partial charge in [-0.2, -0.15) is 10.2 Å². The number of carboxylic acid groups (broad SMARTS) is 1. The SMILES string of the molecule is CC1(C)CCCC(Oc2nc(N3CCOCC3)ncc2C(=O)O)C1.NC(=O)c1nn[nH]n1. The molecule has 1 atom stereocenters. The lowest BCUT2D eigenvalue weighted by Crippen LogP contribution is -2.37. The van der Waals surface area contributed by atoms with E-state index >= 15 is 0 Å². The van der Waals surface area contributed by atoms with Crippen molar-refractivity contribution >= 4 is 17.8 Å². The minimum atomic E-state index is -1.06. The molecule has 13 heteroatoms. The molecule has 13 nitrogen and oxygen atoms in total. The number of carboxylic acids is 1. The van der Waals surface area contributed by atoms with Crippen molar-refractivity contribution in [3.05, 3.63) is 17.6 Å². The molecule has 4 N–H and O–H groups in total. The minimum Gasteiger partial charge on any atom is -0.477 e. The number of aromatic amines is 1. The molecule has 2 aromatic rings. The highest BCUT2D eigenvalue weighted by Crippen LogP contribution is 2.37. The number of aromatic nitrogens is 6. The fraction of sp³-hybridized carbons (Fsp3) is 0.632. The van der Waals surface area contributed by atoms with Crippen LogP contribution in [0, 0.1) is 5.41 Å². The van der Waals surface area contributed by atoms with Crippen molar-refractivity contribution in [3.8, 4) is 5.88 Å². The number of tetrazole rings is 1. The Balaban J connectivity index is 0.000000305. The monoisotopic (exact) mass is 448 g/mol. The van der Waals surface area contributed by atoms with E-state index in [1.807, 2.05) is 4.90 Å². The molecule has 3 heterocycles. The van der Waals surface area contributed by atoms with Crippen molar-refractivity contribution in [1.29, 1.82) is 0 Å².